The Labute approximate surface area is 228 Å². The van der Waals surface area contributed by atoms with Gasteiger partial charge in [0.05, 0.1) is 32.5 Å². The standard InChI is InChI=1S/C29H38F2N2O6/c1-28(2)38-25-16-29(27(34)32-12-13-33(3)4,37-17-19-8-6-9-20(14-19)35-5)15-24(26(25)39-28)36-18-21-22(30)10-7-11-23(21)31/h6-11,14,24-26H,12-13,15-18H2,1-5H3,(H,32,34)/t24-,25-,26+,29-/m1/s1. The van der Waals surface area contributed by atoms with E-state index in [4.69, 9.17) is 23.7 Å². The van der Waals surface area contributed by atoms with Gasteiger partial charge in [-0.3, -0.25) is 4.79 Å². The van der Waals surface area contributed by atoms with Gasteiger partial charge in [0.2, 0.25) is 0 Å². The van der Waals surface area contributed by atoms with Gasteiger partial charge in [0.15, 0.2) is 11.4 Å². The fraction of sp³-hybridized carbons (Fsp3) is 0.552. The van der Waals surface area contributed by atoms with E-state index in [0.29, 0.717) is 18.8 Å². The molecular weight excluding hydrogens is 510 g/mol. The maximum Gasteiger partial charge on any atom is 0.252 e. The molecule has 1 heterocycles. The Kier molecular flexibility index (Phi) is 9.23. The van der Waals surface area contributed by atoms with Crippen LogP contribution >= 0.6 is 0 Å². The van der Waals surface area contributed by atoms with Crippen LogP contribution in [0.2, 0.25) is 0 Å². The second-order valence-corrected chi connectivity index (χ2v) is 10.8. The van der Waals surface area contributed by atoms with E-state index in [9.17, 15) is 13.6 Å². The Bertz CT molecular complexity index is 1130. The van der Waals surface area contributed by atoms with Crippen LogP contribution in [0.25, 0.3) is 0 Å². The molecule has 0 aromatic heterocycles. The summed E-state index contributed by atoms with van der Waals surface area (Å²) >= 11 is 0. The summed E-state index contributed by atoms with van der Waals surface area (Å²) in [5, 5.41) is 2.99. The molecular formula is C29H38F2N2O6. The summed E-state index contributed by atoms with van der Waals surface area (Å²) in [4.78, 5) is 15.7. The minimum atomic E-state index is -1.33. The molecule has 0 spiro atoms. The quantitative estimate of drug-likeness (QED) is 0.458. The summed E-state index contributed by atoms with van der Waals surface area (Å²) in [5.74, 6) is -1.96. The van der Waals surface area contributed by atoms with Gasteiger partial charge in [0.1, 0.15) is 23.5 Å². The number of amides is 1. The van der Waals surface area contributed by atoms with Crippen molar-refractivity contribution < 1.29 is 37.3 Å². The summed E-state index contributed by atoms with van der Waals surface area (Å²) in [6.07, 6.45) is -1.46. The minimum absolute atomic E-state index is 0.113. The van der Waals surface area contributed by atoms with Gasteiger partial charge in [0.25, 0.3) is 5.91 Å². The van der Waals surface area contributed by atoms with Crippen molar-refractivity contribution in [2.24, 2.45) is 0 Å². The zero-order valence-corrected chi connectivity index (χ0v) is 23.2. The predicted octanol–water partition coefficient (Wildman–Crippen LogP) is 3.81. The Morgan fingerprint density at radius 1 is 1.08 bits per heavy atom. The molecule has 39 heavy (non-hydrogen) atoms. The molecule has 2 aromatic carbocycles. The van der Waals surface area contributed by atoms with Gasteiger partial charge in [-0.2, -0.15) is 0 Å². The van der Waals surface area contributed by atoms with E-state index in [-0.39, 0.29) is 37.5 Å². The third kappa shape index (κ3) is 7.12. The molecule has 1 N–H and O–H groups in total. The number of methoxy groups -OCH3 is 1. The van der Waals surface area contributed by atoms with E-state index in [1.165, 1.54) is 18.2 Å². The largest absolute Gasteiger partial charge is 0.497 e. The highest BCUT2D eigenvalue weighted by Crippen LogP contribution is 2.44. The van der Waals surface area contributed by atoms with Crippen molar-refractivity contribution >= 4 is 5.91 Å². The highest BCUT2D eigenvalue weighted by molar-refractivity contribution is 5.85. The molecule has 10 heteroatoms. The number of nitrogens with one attached hydrogen (secondary N) is 1. The van der Waals surface area contributed by atoms with Crippen molar-refractivity contribution in [2.75, 3.05) is 34.3 Å². The molecule has 1 saturated carbocycles. The smallest absolute Gasteiger partial charge is 0.252 e. The van der Waals surface area contributed by atoms with Crippen LogP contribution in [0.3, 0.4) is 0 Å². The molecule has 1 amide bonds. The molecule has 214 valence electrons. The molecule has 1 aliphatic heterocycles. The van der Waals surface area contributed by atoms with Crippen LogP contribution < -0.4 is 10.1 Å². The number of benzene rings is 2. The highest BCUT2D eigenvalue weighted by atomic mass is 19.1. The number of fused-ring (bicyclic) bond motifs is 1. The lowest BCUT2D eigenvalue weighted by atomic mass is 9.78. The molecule has 0 radical (unpaired) electrons. The highest BCUT2D eigenvalue weighted by Gasteiger charge is 2.58. The van der Waals surface area contributed by atoms with Crippen LogP contribution in [0.5, 0.6) is 5.75 Å². The molecule has 4 rings (SSSR count). The van der Waals surface area contributed by atoms with Gasteiger partial charge in [0, 0.05) is 31.5 Å². The fourth-order valence-corrected chi connectivity index (χ4v) is 5.11. The summed E-state index contributed by atoms with van der Waals surface area (Å²) in [7, 11) is 5.42. The van der Waals surface area contributed by atoms with Crippen molar-refractivity contribution in [3.63, 3.8) is 0 Å². The zero-order chi connectivity index (χ0) is 28.2. The van der Waals surface area contributed by atoms with E-state index in [1.807, 2.05) is 43.3 Å². The number of rotatable bonds is 11. The Balaban J connectivity index is 1.61. The van der Waals surface area contributed by atoms with Crippen molar-refractivity contribution in [3.05, 3.63) is 65.2 Å². The number of ether oxygens (including phenoxy) is 5. The molecule has 1 saturated heterocycles. The molecule has 4 atom stereocenters. The van der Waals surface area contributed by atoms with Crippen molar-refractivity contribution in [3.8, 4) is 5.75 Å². The maximum atomic E-state index is 14.4. The first-order valence-electron chi connectivity index (χ1n) is 13.1. The van der Waals surface area contributed by atoms with Gasteiger partial charge in [-0.1, -0.05) is 18.2 Å². The molecule has 2 aromatic rings. The van der Waals surface area contributed by atoms with Crippen LogP contribution in [-0.2, 0) is 37.0 Å². The van der Waals surface area contributed by atoms with Crippen LogP contribution in [0.15, 0.2) is 42.5 Å². The minimum Gasteiger partial charge on any atom is -0.497 e. The van der Waals surface area contributed by atoms with Gasteiger partial charge in [-0.15, -0.1) is 0 Å². The second kappa shape index (κ2) is 12.3. The topological polar surface area (TPSA) is 78.5 Å². The zero-order valence-electron chi connectivity index (χ0n) is 23.2. The van der Waals surface area contributed by atoms with Gasteiger partial charge < -0.3 is 33.9 Å². The average molecular weight is 549 g/mol. The lowest BCUT2D eigenvalue weighted by Gasteiger charge is -2.43. The summed E-state index contributed by atoms with van der Waals surface area (Å²) in [6.45, 7) is 4.44. The average Bonchev–Trinajstić information content (AvgIpc) is 3.20. The van der Waals surface area contributed by atoms with Crippen molar-refractivity contribution in [2.45, 2.75) is 69.6 Å². The van der Waals surface area contributed by atoms with Gasteiger partial charge in [-0.05, 0) is 57.8 Å². The number of nitrogens with zero attached hydrogens (tertiary/aromatic N) is 1. The fourth-order valence-electron chi connectivity index (χ4n) is 5.11. The van der Waals surface area contributed by atoms with E-state index < -0.39 is 41.3 Å². The van der Waals surface area contributed by atoms with Crippen LogP contribution in [0.1, 0.15) is 37.8 Å². The summed E-state index contributed by atoms with van der Waals surface area (Å²) in [5.41, 5.74) is -0.693. The Morgan fingerprint density at radius 2 is 1.79 bits per heavy atom. The Morgan fingerprint density at radius 3 is 2.49 bits per heavy atom. The van der Waals surface area contributed by atoms with Gasteiger partial charge >= 0.3 is 0 Å². The second-order valence-electron chi connectivity index (χ2n) is 10.8. The van der Waals surface area contributed by atoms with Gasteiger partial charge in [-0.25, -0.2) is 8.78 Å². The number of likely N-dealkylation sites (N-methyl/N-ethyl adjacent to an activating group) is 1. The normalized spacial score (nSPS) is 25.9. The number of carbonyl (C=O) groups excluding carboxylic acids is 1. The molecule has 0 unspecified atom stereocenters. The number of hydrogen-bond donors (Lipinski definition) is 1. The van der Waals surface area contributed by atoms with Crippen molar-refractivity contribution in [1.82, 2.24) is 10.2 Å². The van der Waals surface area contributed by atoms with E-state index >= 15 is 0 Å². The molecule has 1 aliphatic carbocycles. The Hall–Kier alpha value is -2.63. The first kappa shape index (κ1) is 29.4. The predicted molar refractivity (Wildman–Crippen MR) is 140 cm³/mol. The SMILES string of the molecule is COc1cccc(CO[C@]2(C(=O)NCCN(C)C)C[C@@H](OCc3c(F)cccc3F)[C@@H]3OC(C)(C)O[C@@H]3C2)c1. The molecule has 0 bridgehead atoms. The van der Waals surface area contributed by atoms with Crippen LogP contribution in [-0.4, -0.2) is 74.8 Å². The molecule has 8 nitrogen and oxygen atoms in total. The first-order chi connectivity index (χ1) is 18.5. The first-order valence-corrected chi connectivity index (χ1v) is 13.1. The third-order valence-corrected chi connectivity index (χ3v) is 7.06. The third-order valence-electron chi connectivity index (χ3n) is 7.06. The number of carbonyl (C=O) groups is 1. The maximum absolute atomic E-state index is 14.4. The van der Waals surface area contributed by atoms with Crippen LogP contribution in [0, 0.1) is 11.6 Å². The molecule has 2 fully saturated rings. The summed E-state index contributed by atoms with van der Waals surface area (Å²) < 4.78 is 58.9. The van der Waals surface area contributed by atoms with E-state index in [0.717, 1.165) is 5.56 Å². The lowest BCUT2D eigenvalue weighted by Crippen LogP contribution is -2.60. The lowest BCUT2D eigenvalue weighted by molar-refractivity contribution is -0.183. The summed E-state index contributed by atoms with van der Waals surface area (Å²) in [6, 6.07) is 11.1. The van der Waals surface area contributed by atoms with Crippen LogP contribution in [0.4, 0.5) is 8.78 Å². The van der Waals surface area contributed by atoms with Crippen molar-refractivity contribution in [1.29, 1.82) is 0 Å². The molecule has 2 aliphatic rings. The van der Waals surface area contributed by atoms with E-state index in [1.54, 1.807) is 21.0 Å². The van der Waals surface area contributed by atoms with E-state index in [2.05, 4.69) is 5.32 Å². The number of hydrogen-bond acceptors (Lipinski definition) is 7. The monoisotopic (exact) mass is 548 g/mol. The number of halogens is 2.